The molecule has 0 fully saturated rings. The van der Waals surface area contributed by atoms with Crippen LogP contribution in [-0.2, 0) is 5.54 Å². The summed E-state index contributed by atoms with van der Waals surface area (Å²) in [5.74, 6) is 0.769. The van der Waals surface area contributed by atoms with Gasteiger partial charge in [0.25, 0.3) is 0 Å². The number of rotatable bonds is 1. The van der Waals surface area contributed by atoms with Gasteiger partial charge in [0.05, 0.1) is 16.2 Å². The van der Waals surface area contributed by atoms with E-state index in [0.29, 0.717) is 0 Å². The van der Waals surface area contributed by atoms with Crippen molar-refractivity contribution in [2.24, 2.45) is 0 Å². The summed E-state index contributed by atoms with van der Waals surface area (Å²) in [4.78, 5) is 0. The van der Waals surface area contributed by atoms with Crippen LogP contribution in [0.2, 0.25) is 0 Å². The van der Waals surface area contributed by atoms with Crippen molar-refractivity contribution in [1.29, 1.82) is 0 Å². The van der Waals surface area contributed by atoms with Crippen LogP contribution in [0, 0.1) is 0 Å². The molecule has 80 valence electrons. The van der Waals surface area contributed by atoms with E-state index in [4.69, 9.17) is 0 Å². The predicted molar refractivity (Wildman–Crippen MR) is 54.9 cm³/mol. The fourth-order valence-electron chi connectivity index (χ4n) is 1.09. The quantitative estimate of drug-likeness (QED) is 0.663. The second kappa shape index (κ2) is 3.22. The van der Waals surface area contributed by atoms with E-state index in [1.165, 1.54) is 0 Å². The Kier molecular flexibility index (Phi) is 2.52. The van der Waals surface area contributed by atoms with Crippen LogP contribution in [0.3, 0.4) is 0 Å². The van der Waals surface area contributed by atoms with Gasteiger partial charge in [-0.1, -0.05) is 0 Å². The highest BCUT2D eigenvalue weighted by atomic mass is 15.6. The Bertz CT molecular complexity index is 302. The molecule has 1 aromatic rings. The summed E-state index contributed by atoms with van der Waals surface area (Å²) in [5, 5.41) is 14.0. The lowest BCUT2D eigenvalue weighted by Gasteiger charge is -2.20. The summed E-state index contributed by atoms with van der Waals surface area (Å²) in [6.45, 7) is 12.6. The topological polar surface area (TPSA) is 57.5 Å². The van der Waals surface area contributed by atoms with Crippen molar-refractivity contribution in [3.05, 3.63) is 0 Å². The van der Waals surface area contributed by atoms with Crippen molar-refractivity contribution in [3.63, 3.8) is 0 Å². The highest BCUT2D eigenvalue weighted by Crippen LogP contribution is 2.10. The van der Waals surface area contributed by atoms with Crippen LogP contribution in [0.15, 0.2) is 0 Å². The van der Waals surface area contributed by atoms with Crippen LogP contribution in [0.25, 0.3) is 0 Å². The number of nitrogens with zero attached hydrogens (tertiary/aromatic N) is 3. The van der Waals surface area contributed by atoms with Gasteiger partial charge in [0.2, 0.25) is 0 Å². The standard InChI is InChI=1S/C9H19N5/c1-8(2,3)10-7-11-12-13-14(7)9(4,5)6/h1-6H3,(H,10,11,13)/p+1. The Labute approximate surface area is 84.9 Å². The van der Waals surface area contributed by atoms with Gasteiger partial charge in [0, 0.05) is 0 Å². The van der Waals surface area contributed by atoms with Crippen molar-refractivity contribution in [2.75, 3.05) is 5.32 Å². The minimum absolute atomic E-state index is 0.0100. The zero-order valence-electron chi connectivity index (χ0n) is 9.84. The average Bonchev–Trinajstić information content (AvgIpc) is 2.29. The van der Waals surface area contributed by atoms with E-state index in [0.717, 1.165) is 5.95 Å². The highest BCUT2D eigenvalue weighted by Gasteiger charge is 2.28. The van der Waals surface area contributed by atoms with Crippen LogP contribution in [0.1, 0.15) is 41.5 Å². The smallest absolute Gasteiger partial charge is 0.286 e. The molecule has 1 heterocycles. The van der Waals surface area contributed by atoms with E-state index >= 15 is 0 Å². The highest BCUT2D eigenvalue weighted by molar-refractivity contribution is 5.18. The van der Waals surface area contributed by atoms with Crippen molar-refractivity contribution in [2.45, 2.75) is 52.6 Å². The van der Waals surface area contributed by atoms with E-state index < -0.39 is 0 Å². The molecular weight excluding hydrogens is 178 g/mol. The third-order valence-electron chi connectivity index (χ3n) is 1.66. The number of nitrogens with one attached hydrogen (secondary N) is 2. The van der Waals surface area contributed by atoms with Crippen molar-refractivity contribution in [1.82, 2.24) is 15.5 Å². The molecule has 1 rings (SSSR count). The van der Waals surface area contributed by atoms with Gasteiger partial charge in [0.1, 0.15) is 5.21 Å². The van der Waals surface area contributed by atoms with E-state index in [1.807, 2.05) is 4.68 Å². The van der Waals surface area contributed by atoms with Gasteiger partial charge in [-0.3, -0.25) is 5.32 Å². The Morgan fingerprint density at radius 1 is 1.14 bits per heavy atom. The van der Waals surface area contributed by atoms with E-state index in [-0.39, 0.29) is 11.1 Å². The lowest BCUT2D eigenvalue weighted by atomic mass is 10.1. The molecule has 14 heavy (non-hydrogen) atoms. The molecule has 0 aromatic carbocycles. The number of hydrogen-bond donors (Lipinski definition) is 2. The Balaban J connectivity index is 2.95. The van der Waals surface area contributed by atoms with E-state index in [9.17, 15) is 0 Å². The SMILES string of the molecule is CC(C)(C)Nc1nn[nH][n+]1C(C)(C)C. The lowest BCUT2D eigenvalue weighted by molar-refractivity contribution is -0.794. The molecule has 2 N–H and O–H groups in total. The van der Waals surface area contributed by atoms with Gasteiger partial charge in [-0.15, -0.1) is 5.21 Å². The van der Waals surface area contributed by atoms with Gasteiger partial charge in [-0.05, 0) is 41.5 Å². The van der Waals surface area contributed by atoms with Gasteiger partial charge in [0.15, 0.2) is 0 Å². The lowest BCUT2D eigenvalue weighted by Crippen LogP contribution is -2.54. The molecule has 0 unspecified atom stereocenters. The molecule has 0 spiro atoms. The Hall–Kier alpha value is -1.13. The molecule has 0 bridgehead atoms. The number of hydrogen-bond acceptors (Lipinski definition) is 3. The van der Waals surface area contributed by atoms with Crippen molar-refractivity contribution in [3.8, 4) is 0 Å². The Morgan fingerprint density at radius 3 is 2.14 bits per heavy atom. The molecule has 5 nitrogen and oxygen atoms in total. The van der Waals surface area contributed by atoms with Crippen LogP contribution in [0.5, 0.6) is 0 Å². The summed E-state index contributed by atoms with van der Waals surface area (Å²) < 4.78 is 1.91. The monoisotopic (exact) mass is 198 g/mol. The summed E-state index contributed by atoms with van der Waals surface area (Å²) in [7, 11) is 0. The Morgan fingerprint density at radius 2 is 1.71 bits per heavy atom. The second-order valence-electron chi connectivity index (χ2n) is 5.50. The second-order valence-corrected chi connectivity index (χ2v) is 5.50. The van der Waals surface area contributed by atoms with Gasteiger partial charge < -0.3 is 0 Å². The molecule has 0 radical (unpaired) electrons. The molecule has 0 amide bonds. The predicted octanol–water partition coefficient (Wildman–Crippen LogP) is 1.06. The van der Waals surface area contributed by atoms with E-state index in [2.05, 4.69) is 62.4 Å². The number of aromatic nitrogens is 4. The normalized spacial score (nSPS) is 13.0. The van der Waals surface area contributed by atoms with Gasteiger partial charge in [-0.25, -0.2) is 0 Å². The van der Waals surface area contributed by atoms with E-state index in [1.54, 1.807) is 0 Å². The first-order valence-electron chi connectivity index (χ1n) is 4.82. The molecule has 0 aliphatic carbocycles. The summed E-state index contributed by atoms with van der Waals surface area (Å²) in [6, 6.07) is 0. The summed E-state index contributed by atoms with van der Waals surface area (Å²) >= 11 is 0. The molecule has 1 aromatic heterocycles. The minimum atomic E-state index is -0.0446. The fourth-order valence-corrected chi connectivity index (χ4v) is 1.09. The largest absolute Gasteiger partial charge is 0.400 e. The van der Waals surface area contributed by atoms with Gasteiger partial charge >= 0.3 is 5.95 Å². The molecular formula is C9H20N5+. The number of tetrazole rings is 1. The van der Waals surface area contributed by atoms with Crippen LogP contribution in [0.4, 0.5) is 5.95 Å². The number of anilines is 1. The first-order chi connectivity index (χ1) is 6.20. The summed E-state index contributed by atoms with van der Waals surface area (Å²) in [6.07, 6.45) is 0. The maximum absolute atomic E-state index is 4.01. The molecule has 0 atom stereocenters. The molecule has 0 aliphatic heterocycles. The zero-order chi connectivity index (χ0) is 11.0. The van der Waals surface area contributed by atoms with Crippen molar-refractivity contribution < 1.29 is 4.68 Å². The van der Waals surface area contributed by atoms with Gasteiger partial charge in [-0.2, -0.15) is 4.68 Å². The zero-order valence-corrected chi connectivity index (χ0v) is 9.84. The van der Waals surface area contributed by atoms with Crippen molar-refractivity contribution >= 4 is 5.95 Å². The summed E-state index contributed by atoms with van der Waals surface area (Å²) in [5.41, 5.74) is -0.0546. The maximum Gasteiger partial charge on any atom is 0.400 e. The third-order valence-corrected chi connectivity index (χ3v) is 1.66. The van der Waals surface area contributed by atoms with Crippen LogP contribution < -0.4 is 10.00 Å². The number of H-pyrrole nitrogens is 1. The minimum Gasteiger partial charge on any atom is -0.286 e. The fraction of sp³-hybridized carbons (Fsp3) is 0.889. The first kappa shape index (κ1) is 10.9. The molecule has 0 aliphatic rings. The van der Waals surface area contributed by atoms with Crippen LogP contribution in [-0.4, -0.2) is 21.1 Å². The number of aromatic amines is 1. The molecule has 5 heteroatoms. The van der Waals surface area contributed by atoms with Crippen LogP contribution >= 0.6 is 0 Å². The average molecular weight is 198 g/mol. The molecule has 0 saturated heterocycles. The molecule has 0 saturated carbocycles. The maximum atomic E-state index is 4.01. The first-order valence-corrected chi connectivity index (χ1v) is 4.82. The third kappa shape index (κ3) is 2.68.